The summed E-state index contributed by atoms with van der Waals surface area (Å²) in [6, 6.07) is 4.60. The second kappa shape index (κ2) is 5.02. The molecule has 0 saturated carbocycles. The fraction of sp³-hybridized carbons (Fsp3) is 0.538. The van der Waals surface area contributed by atoms with Crippen molar-refractivity contribution in [2.45, 2.75) is 18.9 Å². The molecule has 4 heteroatoms. The molecule has 0 aliphatic carbocycles. The van der Waals surface area contributed by atoms with Crippen LogP contribution in [0.3, 0.4) is 0 Å². The maximum Gasteiger partial charge on any atom is 0.123 e. The van der Waals surface area contributed by atoms with Crippen LogP contribution in [0.5, 0.6) is 5.75 Å². The molecular formula is C13H18FNO2. The van der Waals surface area contributed by atoms with Crippen LogP contribution in [0.15, 0.2) is 18.2 Å². The van der Waals surface area contributed by atoms with Gasteiger partial charge in [-0.2, -0.15) is 0 Å². The van der Waals surface area contributed by atoms with E-state index in [0.29, 0.717) is 13.0 Å². The van der Waals surface area contributed by atoms with Gasteiger partial charge in [0.05, 0.1) is 20.3 Å². The number of benzene rings is 1. The van der Waals surface area contributed by atoms with E-state index >= 15 is 0 Å². The summed E-state index contributed by atoms with van der Waals surface area (Å²) in [6.45, 7) is 4.27. The molecule has 0 spiro atoms. The summed E-state index contributed by atoms with van der Waals surface area (Å²) in [4.78, 5) is 0. The molecule has 0 bridgehead atoms. The lowest BCUT2D eigenvalue weighted by molar-refractivity contribution is 0.0353. The van der Waals surface area contributed by atoms with E-state index in [-0.39, 0.29) is 11.4 Å². The fourth-order valence-electron chi connectivity index (χ4n) is 2.19. The zero-order valence-corrected chi connectivity index (χ0v) is 10.3. The Kier molecular flexibility index (Phi) is 3.64. The van der Waals surface area contributed by atoms with Crippen LogP contribution in [0.25, 0.3) is 0 Å². The van der Waals surface area contributed by atoms with Gasteiger partial charge in [0.1, 0.15) is 11.6 Å². The SMILES string of the molecule is COc1ccc(F)cc1CC1(C)COCCN1. The molecule has 1 fully saturated rings. The minimum atomic E-state index is -0.235. The predicted octanol–water partition coefficient (Wildman–Crippen LogP) is 1.76. The summed E-state index contributed by atoms with van der Waals surface area (Å²) in [7, 11) is 1.60. The van der Waals surface area contributed by atoms with E-state index < -0.39 is 0 Å². The van der Waals surface area contributed by atoms with Crippen LogP contribution in [0.1, 0.15) is 12.5 Å². The van der Waals surface area contributed by atoms with Gasteiger partial charge in [-0.3, -0.25) is 0 Å². The van der Waals surface area contributed by atoms with Crippen molar-refractivity contribution >= 4 is 0 Å². The van der Waals surface area contributed by atoms with Crippen molar-refractivity contribution in [3.8, 4) is 5.75 Å². The van der Waals surface area contributed by atoms with Gasteiger partial charge in [-0.05, 0) is 37.1 Å². The molecule has 1 heterocycles. The van der Waals surface area contributed by atoms with Crippen LogP contribution in [0.2, 0.25) is 0 Å². The maximum absolute atomic E-state index is 13.3. The van der Waals surface area contributed by atoms with Gasteiger partial charge < -0.3 is 14.8 Å². The van der Waals surface area contributed by atoms with E-state index in [2.05, 4.69) is 12.2 Å². The highest BCUT2D eigenvalue weighted by atomic mass is 19.1. The lowest BCUT2D eigenvalue weighted by atomic mass is 9.92. The summed E-state index contributed by atoms with van der Waals surface area (Å²) in [6.07, 6.45) is 0.688. The summed E-state index contributed by atoms with van der Waals surface area (Å²) in [5, 5.41) is 3.41. The molecule has 17 heavy (non-hydrogen) atoms. The first-order valence-electron chi connectivity index (χ1n) is 5.78. The first kappa shape index (κ1) is 12.3. The quantitative estimate of drug-likeness (QED) is 0.871. The van der Waals surface area contributed by atoms with Crippen LogP contribution < -0.4 is 10.1 Å². The molecule has 3 nitrogen and oxygen atoms in total. The first-order chi connectivity index (χ1) is 8.13. The van der Waals surface area contributed by atoms with Crippen molar-refractivity contribution in [2.75, 3.05) is 26.9 Å². The summed E-state index contributed by atoms with van der Waals surface area (Å²) in [5.41, 5.74) is 0.715. The molecule has 0 amide bonds. The normalized spacial score (nSPS) is 24.6. The predicted molar refractivity (Wildman–Crippen MR) is 63.9 cm³/mol. The number of morpholine rings is 1. The Labute approximate surface area is 101 Å². The van der Waals surface area contributed by atoms with E-state index in [1.54, 1.807) is 13.2 Å². The molecular weight excluding hydrogens is 221 g/mol. The largest absolute Gasteiger partial charge is 0.496 e. The first-order valence-corrected chi connectivity index (χ1v) is 5.78. The minimum absolute atomic E-state index is 0.153. The smallest absolute Gasteiger partial charge is 0.123 e. The number of halogens is 1. The van der Waals surface area contributed by atoms with Crippen molar-refractivity contribution in [1.82, 2.24) is 5.32 Å². The van der Waals surface area contributed by atoms with Crippen molar-refractivity contribution in [3.05, 3.63) is 29.6 Å². The molecule has 1 aliphatic heterocycles. The van der Waals surface area contributed by atoms with Crippen molar-refractivity contribution in [1.29, 1.82) is 0 Å². The van der Waals surface area contributed by atoms with Crippen molar-refractivity contribution in [2.24, 2.45) is 0 Å². The zero-order valence-electron chi connectivity index (χ0n) is 10.3. The Morgan fingerprint density at radius 2 is 2.35 bits per heavy atom. The van der Waals surface area contributed by atoms with Crippen molar-refractivity contribution < 1.29 is 13.9 Å². The fourth-order valence-corrected chi connectivity index (χ4v) is 2.19. The lowest BCUT2D eigenvalue weighted by Crippen LogP contribution is -2.53. The molecule has 1 aliphatic rings. The van der Waals surface area contributed by atoms with E-state index in [9.17, 15) is 4.39 Å². The zero-order chi connectivity index (χ0) is 12.3. The Morgan fingerprint density at radius 1 is 1.53 bits per heavy atom. The number of hydrogen-bond donors (Lipinski definition) is 1. The lowest BCUT2D eigenvalue weighted by Gasteiger charge is -2.35. The highest BCUT2D eigenvalue weighted by Crippen LogP contribution is 2.25. The summed E-state index contributed by atoms with van der Waals surface area (Å²) < 4.78 is 24.0. The minimum Gasteiger partial charge on any atom is -0.496 e. The maximum atomic E-state index is 13.3. The highest BCUT2D eigenvalue weighted by molar-refractivity contribution is 5.35. The van der Waals surface area contributed by atoms with Gasteiger partial charge in [0, 0.05) is 12.1 Å². The number of ether oxygens (including phenoxy) is 2. The molecule has 1 aromatic carbocycles. The molecule has 94 valence electrons. The van der Waals surface area contributed by atoms with Crippen LogP contribution in [-0.2, 0) is 11.2 Å². The van der Waals surface area contributed by atoms with Gasteiger partial charge in [-0.25, -0.2) is 4.39 Å². The Balaban J connectivity index is 2.19. The van der Waals surface area contributed by atoms with E-state index in [0.717, 1.165) is 24.5 Å². The second-order valence-electron chi connectivity index (χ2n) is 4.67. The standard InChI is InChI=1S/C13H18FNO2/c1-13(9-17-6-5-15-13)8-10-7-11(14)3-4-12(10)16-2/h3-4,7,15H,5-6,8-9H2,1-2H3. The van der Waals surface area contributed by atoms with E-state index in [1.807, 2.05) is 0 Å². The van der Waals surface area contributed by atoms with Gasteiger partial charge in [0.15, 0.2) is 0 Å². The molecule has 1 saturated heterocycles. The molecule has 0 aromatic heterocycles. The van der Waals surface area contributed by atoms with E-state index in [1.165, 1.54) is 12.1 Å². The second-order valence-corrected chi connectivity index (χ2v) is 4.67. The Bertz CT molecular complexity index is 389. The van der Waals surface area contributed by atoms with Gasteiger partial charge in [0.25, 0.3) is 0 Å². The Hall–Kier alpha value is -1.13. The molecule has 1 atom stereocenters. The third kappa shape index (κ3) is 2.96. The molecule has 2 rings (SSSR count). The average molecular weight is 239 g/mol. The summed E-state index contributed by atoms with van der Waals surface area (Å²) in [5.74, 6) is 0.487. The molecule has 1 aromatic rings. The van der Waals surface area contributed by atoms with Crippen molar-refractivity contribution in [3.63, 3.8) is 0 Å². The van der Waals surface area contributed by atoms with Crippen LogP contribution >= 0.6 is 0 Å². The third-order valence-corrected chi connectivity index (χ3v) is 3.04. The van der Waals surface area contributed by atoms with Crippen LogP contribution in [0, 0.1) is 5.82 Å². The summed E-state index contributed by atoms with van der Waals surface area (Å²) >= 11 is 0. The van der Waals surface area contributed by atoms with Crippen LogP contribution in [-0.4, -0.2) is 32.4 Å². The topological polar surface area (TPSA) is 30.5 Å². The molecule has 1 unspecified atom stereocenters. The van der Waals surface area contributed by atoms with Gasteiger partial charge in [-0.1, -0.05) is 0 Å². The number of nitrogens with one attached hydrogen (secondary N) is 1. The number of methoxy groups -OCH3 is 1. The van der Waals surface area contributed by atoms with E-state index in [4.69, 9.17) is 9.47 Å². The average Bonchev–Trinajstić information content (AvgIpc) is 2.29. The molecule has 1 N–H and O–H groups in total. The third-order valence-electron chi connectivity index (χ3n) is 3.04. The molecule has 0 radical (unpaired) electrons. The van der Waals surface area contributed by atoms with Crippen LogP contribution in [0.4, 0.5) is 4.39 Å². The number of hydrogen-bond acceptors (Lipinski definition) is 3. The van der Waals surface area contributed by atoms with Gasteiger partial charge >= 0.3 is 0 Å². The highest BCUT2D eigenvalue weighted by Gasteiger charge is 2.28. The Morgan fingerprint density at radius 3 is 3.00 bits per heavy atom. The number of rotatable bonds is 3. The van der Waals surface area contributed by atoms with Gasteiger partial charge in [-0.15, -0.1) is 0 Å². The monoisotopic (exact) mass is 239 g/mol. The van der Waals surface area contributed by atoms with Gasteiger partial charge in [0.2, 0.25) is 0 Å².